The zero-order valence-corrected chi connectivity index (χ0v) is 12.6. The van der Waals surface area contributed by atoms with Crippen LogP contribution in [-0.2, 0) is 17.8 Å². The molecule has 4 rings (SSSR count). The number of hydrogen-bond acceptors (Lipinski definition) is 5. The van der Waals surface area contributed by atoms with Crippen LogP contribution in [0.2, 0.25) is 0 Å². The van der Waals surface area contributed by atoms with Crippen LogP contribution in [0.15, 0.2) is 30.5 Å². The molecule has 2 aromatic heterocycles. The van der Waals surface area contributed by atoms with Gasteiger partial charge in [0.05, 0.1) is 30.9 Å². The molecule has 0 spiro atoms. The van der Waals surface area contributed by atoms with Crippen LogP contribution in [0.4, 0.5) is 0 Å². The normalized spacial score (nSPS) is 19.9. The van der Waals surface area contributed by atoms with Crippen molar-refractivity contribution in [3.05, 3.63) is 41.9 Å². The summed E-state index contributed by atoms with van der Waals surface area (Å²) in [5.41, 5.74) is 1.92. The van der Waals surface area contributed by atoms with Gasteiger partial charge < -0.3 is 10.1 Å². The van der Waals surface area contributed by atoms with Crippen LogP contribution in [0.25, 0.3) is 10.9 Å². The molecule has 118 valence electrons. The first-order valence-corrected chi connectivity index (χ1v) is 7.46. The minimum absolute atomic E-state index is 0.217. The van der Waals surface area contributed by atoms with Crippen molar-refractivity contribution in [1.82, 2.24) is 30.5 Å². The molecule has 1 saturated heterocycles. The number of carbonyl (C=O) groups excluding carboxylic acids is 1. The van der Waals surface area contributed by atoms with Crippen LogP contribution in [0.1, 0.15) is 23.1 Å². The second-order valence-corrected chi connectivity index (χ2v) is 5.61. The van der Waals surface area contributed by atoms with Gasteiger partial charge in [-0.15, -0.1) is 5.10 Å². The van der Waals surface area contributed by atoms with Crippen LogP contribution in [0.5, 0.6) is 0 Å². The highest BCUT2D eigenvalue weighted by atomic mass is 16.6. The predicted octanol–water partition coefficient (Wildman–Crippen LogP) is 0.872. The molecule has 2 atom stereocenters. The van der Waals surface area contributed by atoms with Gasteiger partial charge in [0, 0.05) is 5.39 Å². The van der Waals surface area contributed by atoms with E-state index in [0.717, 1.165) is 10.9 Å². The Labute approximate surface area is 131 Å². The van der Waals surface area contributed by atoms with E-state index in [4.69, 9.17) is 4.74 Å². The lowest BCUT2D eigenvalue weighted by molar-refractivity contribution is 0.0947. The third-order valence-corrected chi connectivity index (χ3v) is 3.90. The molecule has 2 N–H and O–H groups in total. The lowest BCUT2D eigenvalue weighted by Crippen LogP contribution is -2.23. The quantitative estimate of drug-likeness (QED) is 0.681. The molecule has 2 unspecified atom stereocenters. The highest BCUT2D eigenvalue weighted by molar-refractivity contribution is 6.04. The SMILES string of the molecule is CC1OC1Cn1cc(CNC(=O)c2n[nH]c3ccccc23)nn1. The Morgan fingerprint density at radius 2 is 2.26 bits per heavy atom. The molecule has 1 amide bonds. The fourth-order valence-electron chi connectivity index (χ4n) is 2.51. The Bertz CT molecular complexity index is 854. The summed E-state index contributed by atoms with van der Waals surface area (Å²) in [7, 11) is 0. The Hall–Kier alpha value is -2.74. The highest BCUT2D eigenvalue weighted by Gasteiger charge is 2.34. The average Bonchev–Trinajstić information content (AvgIpc) is 2.95. The summed E-state index contributed by atoms with van der Waals surface area (Å²) >= 11 is 0. The van der Waals surface area contributed by atoms with E-state index in [1.807, 2.05) is 37.4 Å². The van der Waals surface area contributed by atoms with Gasteiger partial charge in [-0.25, -0.2) is 4.68 Å². The van der Waals surface area contributed by atoms with Gasteiger partial charge >= 0.3 is 0 Å². The number of amides is 1. The number of nitrogens with zero attached hydrogens (tertiary/aromatic N) is 4. The largest absolute Gasteiger partial charge is 0.368 e. The van der Waals surface area contributed by atoms with E-state index >= 15 is 0 Å². The molecule has 0 aliphatic carbocycles. The minimum Gasteiger partial charge on any atom is -0.368 e. The van der Waals surface area contributed by atoms with Gasteiger partial charge in [-0.2, -0.15) is 5.10 Å². The van der Waals surface area contributed by atoms with Crippen LogP contribution >= 0.6 is 0 Å². The number of benzene rings is 1. The Morgan fingerprint density at radius 1 is 1.43 bits per heavy atom. The second kappa shape index (κ2) is 5.47. The maximum Gasteiger partial charge on any atom is 0.272 e. The first-order chi connectivity index (χ1) is 11.2. The molecule has 1 aliphatic rings. The average molecular weight is 312 g/mol. The monoisotopic (exact) mass is 312 g/mol. The maximum atomic E-state index is 12.3. The van der Waals surface area contributed by atoms with E-state index in [0.29, 0.717) is 24.5 Å². The third-order valence-electron chi connectivity index (χ3n) is 3.90. The molecular formula is C15H16N6O2. The van der Waals surface area contributed by atoms with Crippen LogP contribution in [0.3, 0.4) is 0 Å². The first-order valence-electron chi connectivity index (χ1n) is 7.46. The van der Waals surface area contributed by atoms with Crippen molar-refractivity contribution in [2.24, 2.45) is 0 Å². The molecule has 1 aromatic carbocycles. The lowest BCUT2D eigenvalue weighted by atomic mass is 10.2. The molecule has 8 heteroatoms. The zero-order chi connectivity index (χ0) is 15.8. The molecule has 0 radical (unpaired) electrons. The Balaban J connectivity index is 1.39. The number of epoxide rings is 1. The van der Waals surface area contributed by atoms with Gasteiger partial charge in [0.25, 0.3) is 5.91 Å². The molecule has 0 bridgehead atoms. The van der Waals surface area contributed by atoms with E-state index in [1.165, 1.54) is 0 Å². The number of H-pyrrole nitrogens is 1. The third kappa shape index (κ3) is 2.80. The zero-order valence-electron chi connectivity index (χ0n) is 12.6. The molecule has 3 heterocycles. The van der Waals surface area contributed by atoms with Crippen molar-refractivity contribution in [1.29, 1.82) is 0 Å². The molecule has 1 fully saturated rings. The highest BCUT2D eigenvalue weighted by Crippen LogP contribution is 2.22. The van der Waals surface area contributed by atoms with Crippen LogP contribution < -0.4 is 5.32 Å². The fourth-order valence-corrected chi connectivity index (χ4v) is 2.51. The van der Waals surface area contributed by atoms with Crippen molar-refractivity contribution in [3.63, 3.8) is 0 Å². The smallest absolute Gasteiger partial charge is 0.272 e. The topological polar surface area (TPSA) is 101 Å². The van der Waals surface area contributed by atoms with Crippen molar-refractivity contribution < 1.29 is 9.53 Å². The number of aromatic amines is 1. The van der Waals surface area contributed by atoms with E-state index in [-0.39, 0.29) is 18.1 Å². The number of carbonyl (C=O) groups is 1. The van der Waals surface area contributed by atoms with Crippen LogP contribution in [0, 0.1) is 0 Å². The summed E-state index contributed by atoms with van der Waals surface area (Å²) in [5.74, 6) is -0.240. The molecule has 8 nitrogen and oxygen atoms in total. The number of fused-ring (bicyclic) bond motifs is 1. The van der Waals surface area contributed by atoms with E-state index < -0.39 is 0 Å². The van der Waals surface area contributed by atoms with Gasteiger partial charge in [-0.1, -0.05) is 23.4 Å². The molecule has 0 saturated carbocycles. The van der Waals surface area contributed by atoms with Crippen LogP contribution in [-0.4, -0.2) is 43.3 Å². The van der Waals surface area contributed by atoms with Crippen molar-refractivity contribution in [3.8, 4) is 0 Å². The Morgan fingerprint density at radius 3 is 3.09 bits per heavy atom. The van der Waals surface area contributed by atoms with Crippen molar-refractivity contribution in [2.45, 2.75) is 32.2 Å². The van der Waals surface area contributed by atoms with Gasteiger partial charge in [0.1, 0.15) is 11.8 Å². The number of ether oxygens (including phenoxy) is 1. The van der Waals surface area contributed by atoms with E-state index in [2.05, 4.69) is 25.8 Å². The number of para-hydroxylation sites is 1. The summed E-state index contributed by atoms with van der Waals surface area (Å²) in [6.45, 7) is 3.02. The number of hydrogen-bond donors (Lipinski definition) is 2. The maximum absolute atomic E-state index is 12.3. The standard InChI is InChI=1S/C15H16N6O2/c1-9-13(23-9)8-21-7-10(17-20-21)6-16-15(22)14-11-4-2-3-5-12(11)18-19-14/h2-5,7,9,13H,6,8H2,1H3,(H,16,22)(H,18,19). The number of aromatic nitrogens is 5. The van der Waals surface area contributed by atoms with Gasteiger partial charge in [-0.05, 0) is 13.0 Å². The molecule has 23 heavy (non-hydrogen) atoms. The molecule has 3 aromatic rings. The summed E-state index contributed by atoms with van der Waals surface area (Å²) in [6.07, 6.45) is 2.32. The Kier molecular flexibility index (Phi) is 3.30. The van der Waals surface area contributed by atoms with E-state index in [9.17, 15) is 4.79 Å². The van der Waals surface area contributed by atoms with Gasteiger partial charge in [-0.3, -0.25) is 9.89 Å². The minimum atomic E-state index is -0.240. The second-order valence-electron chi connectivity index (χ2n) is 5.61. The predicted molar refractivity (Wildman–Crippen MR) is 81.6 cm³/mol. The summed E-state index contributed by atoms with van der Waals surface area (Å²) in [6, 6.07) is 7.51. The summed E-state index contributed by atoms with van der Waals surface area (Å²) in [5, 5.41) is 18.6. The molecule has 1 aliphatic heterocycles. The summed E-state index contributed by atoms with van der Waals surface area (Å²) in [4.78, 5) is 12.3. The first kappa shape index (κ1) is 13.9. The fraction of sp³-hybridized carbons (Fsp3) is 0.333. The van der Waals surface area contributed by atoms with Gasteiger partial charge in [0.2, 0.25) is 0 Å². The van der Waals surface area contributed by atoms with Crippen molar-refractivity contribution >= 4 is 16.8 Å². The van der Waals surface area contributed by atoms with Crippen molar-refractivity contribution in [2.75, 3.05) is 0 Å². The van der Waals surface area contributed by atoms with Gasteiger partial charge in [0.15, 0.2) is 5.69 Å². The molecular weight excluding hydrogens is 296 g/mol. The number of nitrogens with one attached hydrogen (secondary N) is 2. The summed E-state index contributed by atoms with van der Waals surface area (Å²) < 4.78 is 7.08. The lowest BCUT2D eigenvalue weighted by Gasteiger charge is -2.00. The number of rotatable bonds is 5. The van der Waals surface area contributed by atoms with E-state index in [1.54, 1.807) is 4.68 Å².